The third-order valence-corrected chi connectivity index (χ3v) is 2.47. The quantitative estimate of drug-likeness (QED) is 0.382. The first kappa shape index (κ1) is 14.6. The summed E-state index contributed by atoms with van der Waals surface area (Å²) >= 11 is 0. The summed E-state index contributed by atoms with van der Waals surface area (Å²) in [7, 11) is 0. The first-order chi connectivity index (χ1) is 8.74. The molecule has 0 aliphatic heterocycles. The largest absolute Gasteiger partial charge is 0.395 e. The summed E-state index contributed by atoms with van der Waals surface area (Å²) in [5.74, 6) is 0. The molecule has 0 amide bonds. The fraction of sp³-hybridized carbons (Fsp3) is 0.500. The molecule has 0 aliphatic carbocycles. The van der Waals surface area contributed by atoms with Gasteiger partial charge < -0.3 is 4.84 Å². The molecular weight excluding hydrogens is 236 g/mol. The molecule has 0 aromatic heterocycles. The van der Waals surface area contributed by atoms with E-state index in [1.54, 1.807) is 12.1 Å². The molecule has 0 saturated heterocycles. The van der Waals surface area contributed by atoms with Gasteiger partial charge in [0.05, 0.1) is 0 Å². The highest BCUT2D eigenvalue weighted by Gasteiger charge is 2.06. The summed E-state index contributed by atoms with van der Waals surface area (Å²) in [6.45, 7) is 2.68. The average Bonchev–Trinajstić information content (AvgIpc) is 2.38. The minimum Gasteiger partial charge on any atom is -0.395 e. The second-order valence-corrected chi connectivity index (χ2v) is 4.02. The first-order valence-corrected chi connectivity index (χ1v) is 6.20. The van der Waals surface area contributed by atoms with Gasteiger partial charge in [0.25, 0.3) is 6.43 Å². The number of halogens is 2. The normalized spacial score (nSPS) is 11.3. The van der Waals surface area contributed by atoms with Crippen LogP contribution in [-0.4, -0.2) is 12.8 Å². The number of nitrogens with zero attached hydrogens (tertiary/aromatic N) is 1. The predicted octanol–water partition coefficient (Wildman–Crippen LogP) is 4.43. The van der Waals surface area contributed by atoms with Crippen molar-refractivity contribution in [1.29, 1.82) is 0 Å². The smallest absolute Gasteiger partial charge is 0.263 e. The lowest BCUT2D eigenvalue weighted by atomic mass is 10.1. The van der Waals surface area contributed by atoms with Crippen LogP contribution in [-0.2, 0) is 4.84 Å². The van der Waals surface area contributed by atoms with Gasteiger partial charge in [-0.25, -0.2) is 8.78 Å². The molecule has 0 heterocycles. The highest BCUT2D eigenvalue weighted by molar-refractivity contribution is 5.79. The minimum atomic E-state index is -2.47. The van der Waals surface area contributed by atoms with Crippen LogP contribution < -0.4 is 0 Å². The SMILES string of the molecule is CCCCCCO/N=[C]/c1cccc(C(F)F)c1. The summed E-state index contributed by atoms with van der Waals surface area (Å²) in [6, 6.07) is 5.95. The van der Waals surface area contributed by atoms with E-state index in [9.17, 15) is 8.78 Å². The molecule has 2 nitrogen and oxygen atoms in total. The molecule has 0 fully saturated rings. The number of benzene rings is 1. The molecule has 0 spiro atoms. The lowest BCUT2D eigenvalue weighted by Crippen LogP contribution is -1.91. The van der Waals surface area contributed by atoms with Crippen molar-refractivity contribution in [3.05, 3.63) is 35.4 Å². The Labute approximate surface area is 107 Å². The molecule has 0 N–H and O–H groups in total. The number of alkyl halides is 2. The Hall–Kier alpha value is -1.45. The molecule has 1 radical (unpaired) electrons. The van der Waals surface area contributed by atoms with Gasteiger partial charge >= 0.3 is 0 Å². The summed E-state index contributed by atoms with van der Waals surface area (Å²) in [5, 5.41) is 3.64. The maximum Gasteiger partial charge on any atom is 0.263 e. The van der Waals surface area contributed by atoms with Crippen LogP contribution in [0.15, 0.2) is 29.4 Å². The molecule has 0 saturated carbocycles. The van der Waals surface area contributed by atoms with Crippen LogP contribution in [0.4, 0.5) is 8.78 Å². The van der Waals surface area contributed by atoms with Crippen LogP contribution in [0.3, 0.4) is 0 Å². The molecule has 0 bridgehead atoms. The molecular formula is C14H18F2NO. The van der Waals surface area contributed by atoms with Gasteiger partial charge in [-0.15, -0.1) is 0 Å². The number of unbranched alkanes of at least 4 members (excludes halogenated alkanes) is 3. The van der Waals surface area contributed by atoms with Crippen LogP contribution >= 0.6 is 0 Å². The van der Waals surface area contributed by atoms with Crippen molar-refractivity contribution in [2.45, 2.75) is 39.0 Å². The van der Waals surface area contributed by atoms with Crippen molar-refractivity contribution in [1.82, 2.24) is 0 Å². The van der Waals surface area contributed by atoms with E-state index in [0.29, 0.717) is 12.2 Å². The molecule has 0 unspecified atom stereocenters. The molecule has 1 aromatic carbocycles. The van der Waals surface area contributed by atoms with Crippen LogP contribution in [0.1, 0.15) is 50.2 Å². The van der Waals surface area contributed by atoms with Gasteiger partial charge in [0.2, 0.25) is 0 Å². The van der Waals surface area contributed by atoms with Crippen molar-refractivity contribution >= 4 is 6.21 Å². The highest BCUT2D eigenvalue weighted by atomic mass is 19.3. The van der Waals surface area contributed by atoms with E-state index in [4.69, 9.17) is 4.84 Å². The van der Waals surface area contributed by atoms with Crippen molar-refractivity contribution in [2.24, 2.45) is 5.16 Å². The van der Waals surface area contributed by atoms with Crippen molar-refractivity contribution in [2.75, 3.05) is 6.61 Å². The lowest BCUT2D eigenvalue weighted by molar-refractivity contribution is 0.141. The van der Waals surface area contributed by atoms with E-state index in [1.165, 1.54) is 25.0 Å². The summed E-state index contributed by atoms with van der Waals surface area (Å²) in [5.41, 5.74) is 0.472. The highest BCUT2D eigenvalue weighted by Crippen LogP contribution is 2.18. The summed E-state index contributed by atoms with van der Waals surface area (Å²) in [6.07, 6.45) is 4.57. The van der Waals surface area contributed by atoms with E-state index >= 15 is 0 Å². The Morgan fingerprint density at radius 2 is 2.11 bits per heavy atom. The molecule has 0 aliphatic rings. The second kappa shape index (κ2) is 8.61. The Balaban J connectivity index is 2.31. The molecule has 1 rings (SSSR count). The molecule has 4 heteroatoms. The zero-order chi connectivity index (χ0) is 13.2. The third kappa shape index (κ3) is 5.75. The van der Waals surface area contributed by atoms with E-state index < -0.39 is 6.43 Å². The summed E-state index contributed by atoms with van der Waals surface area (Å²) < 4.78 is 24.8. The van der Waals surface area contributed by atoms with Gasteiger partial charge in [0, 0.05) is 11.1 Å². The Bertz CT molecular complexity index is 367. The fourth-order valence-electron chi connectivity index (χ4n) is 1.47. The van der Waals surface area contributed by atoms with Crippen molar-refractivity contribution in [3.63, 3.8) is 0 Å². The standard InChI is InChI=1S/C14H18F2NO/c1-2-3-4-5-9-18-17-11-12-7-6-8-13(10-12)14(15)16/h6-8,10,14H,2-5,9H2,1H3. The first-order valence-electron chi connectivity index (χ1n) is 6.20. The minimum absolute atomic E-state index is 0.0295. The molecule has 0 atom stereocenters. The van der Waals surface area contributed by atoms with Crippen LogP contribution in [0.2, 0.25) is 0 Å². The number of rotatable bonds is 8. The Morgan fingerprint density at radius 1 is 1.28 bits per heavy atom. The van der Waals surface area contributed by atoms with Gasteiger partial charge in [-0.3, -0.25) is 0 Å². The summed E-state index contributed by atoms with van der Waals surface area (Å²) in [4.78, 5) is 5.01. The van der Waals surface area contributed by atoms with E-state index in [0.717, 1.165) is 12.8 Å². The molecule has 99 valence electrons. The zero-order valence-electron chi connectivity index (χ0n) is 10.5. The van der Waals surface area contributed by atoms with Gasteiger partial charge in [0.15, 0.2) is 0 Å². The second-order valence-electron chi connectivity index (χ2n) is 4.02. The Kier molecular flexibility index (Phi) is 6.99. The van der Waals surface area contributed by atoms with E-state index in [1.807, 2.05) is 0 Å². The van der Waals surface area contributed by atoms with Gasteiger partial charge in [-0.1, -0.05) is 43.1 Å². The van der Waals surface area contributed by atoms with Gasteiger partial charge in [0.1, 0.15) is 12.8 Å². The van der Waals surface area contributed by atoms with Gasteiger partial charge in [-0.2, -0.15) is 0 Å². The van der Waals surface area contributed by atoms with Crippen molar-refractivity contribution in [3.8, 4) is 0 Å². The zero-order valence-corrected chi connectivity index (χ0v) is 10.5. The number of hydrogen-bond acceptors (Lipinski definition) is 2. The molecule has 1 aromatic rings. The average molecular weight is 254 g/mol. The van der Waals surface area contributed by atoms with E-state index in [2.05, 4.69) is 18.3 Å². The fourth-order valence-corrected chi connectivity index (χ4v) is 1.47. The Morgan fingerprint density at radius 3 is 2.83 bits per heavy atom. The number of hydrogen-bond donors (Lipinski definition) is 0. The van der Waals surface area contributed by atoms with Crippen molar-refractivity contribution < 1.29 is 13.6 Å². The predicted molar refractivity (Wildman–Crippen MR) is 68.0 cm³/mol. The maximum absolute atomic E-state index is 12.4. The van der Waals surface area contributed by atoms with Crippen LogP contribution in [0.25, 0.3) is 0 Å². The van der Waals surface area contributed by atoms with Gasteiger partial charge in [-0.05, 0) is 18.9 Å². The lowest BCUT2D eigenvalue weighted by Gasteiger charge is -2.00. The van der Waals surface area contributed by atoms with Crippen LogP contribution in [0.5, 0.6) is 0 Å². The van der Waals surface area contributed by atoms with E-state index in [-0.39, 0.29) is 5.56 Å². The molecule has 18 heavy (non-hydrogen) atoms. The monoisotopic (exact) mass is 254 g/mol. The van der Waals surface area contributed by atoms with Crippen LogP contribution in [0, 0.1) is 0 Å². The topological polar surface area (TPSA) is 21.6 Å². The third-order valence-electron chi connectivity index (χ3n) is 2.47. The maximum atomic E-state index is 12.4.